The van der Waals surface area contributed by atoms with Crippen LogP contribution in [-0.4, -0.2) is 65.7 Å². The summed E-state index contributed by atoms with van der Waals surface area (Å²) in [6, 6.07) is 38.3. The number of imidazole rings is 1. The van der Waals surface area contributed by atoms with Crippen molar-refractivity contribution in [3.05, 3.63) is 171 Å². The van der Waals surface area contributed by atoms with Crippen LogP contribution in [0.5, 0.6) is 0 Å². The lowest BCUT2D eigenvalue weighted by Gasteiger charge is -2.40. The van der Waals surface area contributed by atoms with Crippen molar-refractivity contribution in [2.24, 2.45) is 0 Å². The van der Waals surface area contributed by atoms with Gasteiger partial charge in [0.15, 0.2) is 6.29 Å². The average molecular weight is 830 g/mol. The van der Waals surface area contributed by atoms with Crippen LogP contribution < -0.4 is 15.7 Å². The summed E-state index contributed by atoms with van der Waals surface area (Å²) in [6.07, 6.45) is 1.51. The topological polar surface area (TPSA) is 155 Å². The molecule has 6 aromatic rings. The Bertz CT molecular complexity index is 2530. The highest BCUT2D eigenvalue weighted by atomic mass is 32.2. The van der Waals surface area contributed by atoms with E-state index in [2.05, 4.69) is 19.9 Å². The number of aryl methyl sites for hydroxylation is 1. The van der Waals surface area contributed by atoms with Gasteiger partial charge in [-0.1, -0.05) is 109 Å². The maximum atomic E-state index is 13.6. The Kier molecular flexibility index (Phi) is 12.7. The second-order valence-corrected chi connectivity index (χ2v) is 17.5. The van der Waals surface area contributed by atoms with Gasteiger partial charge in [0, 0.05) is 44.2 Å². The first kappa shape index (κ1) is 41.3. The van der Waals surface area contributed by atoms with Gasteiger partial charge in [0.25, 0.3) is 0 Å². The summed E-state index contributed by atoms with van der Waals surface area (Å²) in [4.78, 5) is 32.0. The number of carbonyl (C=O) groups excluding carboxylic acids is 1. The summed E-state index contributed by atoms with van der Waals surface area (Å²) in [5.41, 5.74) is 6.98. The number of H-pyrrole nitrogens is 1. The van der Waals surface area contributed by atoms with Crippen molar-refractivity contribution in [1.29, 1.82) is 0 Å². The molecule has 5 aromatic carbocycles. The van der Waals surface area contributed by atoms with Crippen molar-refractivity contribution in [2.75, 3.05) is 19.6 Å². The fraction of sp³-hybridized carbons (Fsp3) is 0.319. The van der Waals surface area contributed by atoms with Crippen molar-refractivity contribution in [2.45, 2.75) is 81.2 Å². The minimum atomic E-state index is -3.97. The Labute approximate surface area is 350 Å². The number of rotatable bonds is 14. The van der Waals surface area contributed by atoms with E-state index in [0.717, 1.165) is 70.3 Å². The molecule has 0 bridgehead atoms. The normalized spacial score (nSPS) is 19.6. The zero-order chi connectivity index (χ0) is 41.6. The van der Waals surface area contributed by atoms with Crippen LogP contribution in [0.2, 0.25) is 0 Å². The van der Waals surface area contributed by atoms with E-state index in [1.54, 1.807) is 12.1 Å². The van der Waals surface area contributed by atoms with Crippen molar-refractivity contribution >= 4 is 27.0 Å². The van der Waals surface area contributed by atoms with Crippen LogP contribution in [0.25, 0.3) is 11.0 Å². The number of aliphatic hydroxyl groups excluding tert-OH is 1. The lowest BCUT2D eigenvalue weighted by molar-refractivity contribution is -0.253. The molecule has 4 N–H and O–H groups in total. The monoisotopic (exact) mass is 829 g/mol. The molecular weight excluding hydrogens is 779 g/mol. The molecule has 1 aromatic heterocycles. The first-order valence-electron chi connectivity index (χ1n) is 20.5. The average Bonchev–Trinajstić information content (AvgIpc) is 3.61. The van der Waals surface area contributed by atoms with Gasteiger partial charge in [-0.2, -0.15) is 4.72 Å². The van der Waals surface area contributed by atoms with Gasteiger partial charge in [-0.25, -0.2) is 13.2 Å². The molecule has 4 atom stereocenters. The smallest absolute Gasteiger partial charge is 0.326 e. The molecule has 0 aliphatic carbocycles. The summed E-state index contributed by atoms with van der Waals surface area (Å²) >= 11 is 0. The summed E-state index contributed by atoms with van der Waals surface area (Å²) in [5.74, 6) is -0.437. The predicted molar refractivity (Wildman–Crippen MR) is 229 cm³/mol. The number of amides is 1. The minimum absolute atomic E-state index is 0.0374. The lowest BCUT2D eigenvalue weighted by atomic mass is 9.98. The zero-order valence-electron chi connectivity index (χ0n) is 33.6. The highest BCUT2D eigenvalue weighted by Gasteiger charge is 2.34. The second kappa shape index (κ2) is 18.5. The number of benzene rings is 5. The van der Waals surface area contributed by atoms with Gasteiger partial charge in [-0.15, -0.1) is 0 Å². The van der Waals surface area contributed by atoms with Crippen LogP contribution in [0, 0.1) is 6.92 Å². The molecule has 2 saturated heterocycles. The largest absolute Gasteiger partial charge is 0.392 e. The van der Waals surface area contributed by atoms with Crippen LogP contribution in [-0.2, 0) is 43.9 Å². The minimum Gasteiger partial charge on any atom is -0.392 e. The van der Waals surface area contributed by atoms with Crippen molar-refractivity contribution in [3.63, 3.8) is 0 Å². The van der Waals surface area contributed by atoms with Gasteiger partial charge in [0.05, 0.1) is 34.7 Å². The third kappa shape index (κ3) is 9.79. The van der Waals surface area contributed by atoms with Gasteiger partial charge in [-0.3, -0.25) is 9.36 Å². The van der Waals surface area contributed by atoms with Crippen LogP contribution >= 0.6 is 0 Å². The molecule has 3 heterocycles. The van der Waals surface area contributed by atoms with Gasteiger partial charge in [0.2, 0.25) is 15.9 Å². The number of sulfonamides is 1. The van der Waals surface area contributed by atoms with Crippen molar-refractivity contribution < 1.29 is 27.8 Å². The molecule has 1 amide bonds. The summed E-state index contributed by atoms with van der Waals surface area (Å²) in [5, 5.41) is 12.6. The number of aromatic amines is 1. The Morgan fingerprint density at radius 2 is 1.48 bits per heavy atom. The molecule has 60 heavy (non-hydrogen) atoms. The number of para-hydroxylation sites is 2. The van der Waals surface area contributed by atoms with Gasteiger partial charge in [-0.05, 0) is 72.7 Å². The van der Waals surface area contributed by atoms with Crippen LogP contribution in [0.4, 0.5) is 0 Å². The van der Waals surface area contributed by atoms with E-state index >= 15 is 0 Å². The molecule has 2 aliphatic heterocycles. The van der Waals surface area contributed by atoms with E-state index in [-0.39, 0.29) is 48.4 Å². The number of nitrogens with one attached hydrogen (secondary N) is 3. The number of aromatic nitrogens is 2. The molecule has 0 unspecified atom stereocenters. The van der Waals surface area contributed by atoms with Gasteiger partial charge in [0.1, 0.15) is 6.04 Å². The Hall–Kier alpha value is -5.41. The highest BCUT2D eigenvalue weighted by molar-refractivity contribution is 7.89. The molecule has 0 spiro atoms. The van der Waals surface area contributed by atoms with E-state index < -0.39 is 28.3 Å². The van der Waals surface area contributed by atoms with Gasteiger partial charge >= 0.3 is 5.69 Å². The number of aliphatic hydroxyl groups is 1. The molecule has 8 rings (SSSR count). The molecule has 13 heteroatoms. The fourth-order valence-corrected chi connectivity index (χ4v) is 9.43. The maximum absolute atomic E-state index is 13.6. The predicted octanol–water partition coefficient (Wildman–Crippen LogP) is 6.22. The molecular formula is C47H51N5O7S. The van der Waals surface area contributed by atoms with Gasteiger partial charge < -0.3 is 29.8 Å². The number of nitrogens with zero attached hydrogens (tertiary/aromatic N) is 2. The summed E-state index contributed by atoms with van der Waals surface area (Å²) in [6.45, 7) is 4.41. The first-order valence-corrected chi connectivity index (χ1v) is 22.0. The standard InChI is InChI=1S/C47H51N5O7S/c1-32-11-21-40(22-12-32)60(56,57)50-42(27-33-7-3-2-4-8-33)45(54)48-29-34-13-19-37(20-14-34)46-58-39(28-44(59-46)36-17-15-35(31-53)16-18-36)30-51-25-23-38(24-26-51)52-43-10-6-5-9-41(43)49-47(52)55/h2-22,38-39,42,44,46,50,53H,23-31H2,1H3,(H,48,54)(H,49,55)/t39-,42-,44+,46+/m1/s1. The highest BCUT2D eigenvalue weighted by Crippen LogP contribution is 2.39. The van der Waals surface area contributed by atoms with Crippen molar-refractivity contribution in [3.8, 4) is 0 Å². The SMILES string of the molecule is Cc1ccc(S(=O)(=O)N[C@H](Cc2ccccc2)C(=O)NCc2ccc([C@H]3O[C@@H](CN4CCC(n5c(=O)[nH]c6ccccc65)CC4)C[C@@H](c4ccc(CO)cc4)O3)cc2)cc1. The molecule has 2 fully saturated rings. The maximum Gasteiger partial charge on any atom is 0.326 e. The van der Waals surface area contributed by atoms with Crippen LogP contribution in [0.3, 0.4) is 0 Å². The quantitative estimate of drug-likeness (QED) is 0.101. The Balaban J connectivity index is 0.931. The zero-order valence-corrected chi connectivity index (χ0v) is 34.4. The number of likely N-dealkylation sites (tertiary alicyclic amines) is 1. The Morgan fingerprint density at radius 1 is 0.817 bits per heavy atom. The number of carbonyl (C=O) groups is 1. The third-order valence-electron chi connectivity index (χ3n) is 11.6. The first-order chi connectivity index (χ1) is 29.1. The van der Waals surface area contributed by atoms with E-state index in [4.69, 9.17) is 9.47 Å². The number of piperidine rings is 1. The number of ether oxygens (including phenoxy) is 2. The Morgan fingerprint density at radius 3 is 2.20 bits per heavy atom. The molecule has 0 saturated carbocycles. The van der Waals surface area contributed by atoms with E-state index in [0.29, 0.717) is 13.0 Å². The third-order valence-corrected chi connectivity index (χ3v) is 13.1. The second-order valence-electron chi connectivity index (χ2n) is 15.8. The lowest BCUT2D eigenvalue weighted by Crippen LogP contribution is -2.47. The number of hydrogen-bond donors (Lipinski definition) is 4. The number of hydrogen-bond acceptors (Lipinski definition) is 8. The number of fused-ring (bicyclic) bond motifs is 1. The van der Waals surface area contributed by atoms with E-state index in [1.807, 2.05) is 115 Å². The van der Waals surface area contributed by atoms with Crippen LogP contribution in [0.1, 0.15) is 71.1 Å². The van der Waals surface area contributed by atoms with E-state index in [9.17, 15) is 23.1 Å². The molecule has 2 aliphatic rings. The summed E-state index contributed by atoms with van der Waals surface area (Å²) in [7, 11) is -3.97. The fourth-order valence-electron chi connectivity index (χ4n) is 8.23. The van der Waals surface area contributed by atoms with Crippen molar-refractivity contribution in [1.82, 2.24) is 24.5 Å². The van der Waals surface area contributed by atoms with Crippen LogP contribution in [0.15, 0.2) is 137 Å². The molecule has 12 nitrogen and oxygen atoms in total. The molecule has 312 valence electrons. The summed E-state index contributed by atoms with van der Waals surface area (Å²) < 4.78 is 44.5. The molecule has 0 radical (unpaired) electrons. The van der Waals surface area contributed by atoms with E-state index in [1.165, 1.54) is 12.1 Å².